The van der Waals surface area contributed by atoms with Crippen molar-refractivity contribution in [3.05, 3.63) is 41.5 Å². The van der Waals surface area contributed by atoms with Crippen LogP contribution in [-0.2, 0) is 19.8 Å². The smallest absolute Gasteiger partial charge is 0.270 e. The lowest BCUT2D eigenvalue weighted by molar-refractivity contribution is -0.110. The Hall–Kier alpha value is -2.95. The van der Waals surface area contributed by atoms with Gasteiger partial charge in [0.25, 0.3) is 12.3 Å². The molecule has 0 fully saturated rings. The van der Waals surface area contributed by atoms with Crippen LogP contribution in [0.1, 0.15) is 18.4 Å². The molecular formula is C18H18F4N4O3. The number of aliphatic imine (C=N–C) groups is 2. The van der Waals surface area contributed by atoms with E-state index in [2.05, 4.69) is 20.0 Å². The summed E-state index contributed by atoms with van der Waals surface area (Å²) in [4.78, 5) is 20.0. The number of nitrogens with two attached hydrogens (primary N) is 1. The van der Waals surface area contributed by atoms with Gasteiger partial charge < -0.3 is 20.5 Å². The molecular weight excluding hydrogens is 396 g/mol. The van der Waals surface area contributed by atoms with Crippen molar-refractivity contribution in [3.63, 3.8) is 0 Å². The molecule has 1 aromatic carbocycles. The van der Waals surface area contributed by atoms with Crippen LogP contribution in [-0.4, -0.2) is 44.0 Å². The summed E-state index contributed by atoms with van der Waals surface area (Å²) in [5.41, 5.74) is 2.98. The zero-order valence-corrected chi connectivity index (χ0v) is 15.1. The first-order valence-corrected chi connectivity index (χ1v) is 8.61. The fourth-order valence-electron chi connectivity index (χ4n) is 3.01. The quantitative estimate of drug-likeness (QED) is 0.700. The van der Waals surface area contributed by atoms with Crippen LogP contribution >= 0.6 is 0 Å². The Bertz CT molecular complexity index is 888. The molecule has 2 aliphatic heterocycles. The maximum absolute atomic E-state index is 14.4. The number of amides is 1. The molecule has 2 aliphatic rings. The van der Waals surface area contributed by atoms with Crippen molar-refractivity contribution < 1.29 is 31.8 Å². The van der Waals surface area contributed by atoms with E-state index in [0.29, 0.717) is 5.76 Å². The Labute approximate surface area is 163 Å². The summed E-state index contributed by atoms with van der Waals surface area (Å²) in [6.45, 7) is -1.69. The van der Waals surface area contributed by atoms with Crippen molar-refractivity contribution in [2.75, 3.05) is 25.4 Å². The molecule has 0 aliphatic carbocycles. The maximum atomic E-state index is 14.4. The number of anilines is 1. The first-order chi connectivity index (χ1) is 13.9. The zero-order chi connectivity index (χ0) is 21.0. The summed E-state index contributed by atoms with van der Waals surface area (Å²) in [5.74, 6) is -1.41. The van der Waals surface area contributed by atoms with Gasteiger partial charge in [-0.1, -0.05) is 0 Å². The monoisotopic (exact) mass is 414 g/mol. The Balaban J connectivity index is 1.86. The van der Waals surface area contributed by atoms with Crippen LogP contribution in [0, 0.1) is 5.82 Å². The minimum Gasteiger partial charge on any atom is -0.466 e. The van der Waals surface area contributed by atoms with Gasteiger partial charge in [-0.05, 0) is 18.2 Å². The Morgan fingerprint density at radius 3 is 2.79 bits per heavy atom. The highest BCUT2D eigenvalue weighted by Gasteiger charge is 2.46. The molecule has 0 spiro atoms. The predicted molar refractivity (Wildman–Crippen MR) is 97.0 cm³/mol. The number of hydrogen-bond acceptors (Lipinski definition) is 6. The number of allylic oxidation sites excluding steroid dienone is 1. The van der Waals surface area contributed by atoms with Gasteiger partial charge in [0.15, 0.2) is 5.54 Å². The molecule has 156 valence electrons. The zero-order valence-electron chi connectivity index (χ0n) is 15.1. The second-order valence-corrected chi connectivity index (χ2v) is 6.39. The largest absolute Gasteiger partial charge is 0.466 e. The highest BCUT2D eigenvalue weighted by atomic mass is 19.3. The van der Waals surface area contributed by atoms with Gasteiger partial charge in [-0.25, -0.2) is 17.6 Å². The summed E-state index contributed by atoms with van der Waals surface area (Å²) < 4.78 is 64.0. The van der Waals surface area contributed by atoms with Gasteiger partial charge in [0.2, 0.25) is 6.86 Å². The molecule has 3 N–H and O–H groups in total. The number of benzene rings is 1. The Morgan fingerprint density at radius 2 is 2.17 bits per heavy atom. The molecule has 2 heterocycles. The number of carbonyl (C=O) groups excluding carboxylic acids is 1. The Morgan fingerprint density at radius 1 is 1.38 bits per heavy atom. The Kier molecular flexibility index (Phi) is 6.16. The average molecular weight is 414 g/mol. The number of nitrogens with zero attached hydrogens (tertiary/aromatic N) is 2. The molecule has 0 aromatic heterocycles. The van der Waals surface area contributed by atoms with E-state index in [9.17, 15) is 22.4 Å². The fourth-order valence-corrected chi connectivity index (χ4v) is 3.01. The van der Waals surface area contributed by atoms with E-state index < -0.39 is 42.7 Å². The molecule has 0 radical (unpaired) electrons. The summed E-state index contributed by atoms with van der Waals surface area (Å²) in [6.07, 6.45) is -1.38. The summed E-state index contributed by atoms with van der Waals surface area (Å²) in [7, 11) is 0. The number of carbonyl (C=O) groups is 1. The van der Waals surface area contributed by atoms with E-state index in [-0.39, 0.29) is 36.7 Å². The van der Waals surface area contributed by atoms with E-state index in [1.807, 2.05) is 0 Å². The van der Waals surface area contributed by atoms with Crippen LogP contribution in [0.25, 0.3) is 0 Å². The molecule has 1 aromatic rings. The van der Waals surface area contributed by atoms with Gasteiger partial charge in [0, 0.05) is 24.1 Å². The van der Waals surface area contributed by atoms with Gasteiger partial charge in [0.05, 0.1) is 12.8 Å². The molecule has 11 heteroatoms. The standard InChI is InChI=1S/C18H18F4N4O3/c19-9-29-11-2-4-14(24-6-11)16(27)25-10-1-3-13(20)12(5-10)18(17(21)22)8-28-7-15(23)26-18/h1,3,5-6,17H,2,4,7-9H2,(H2,23,26)(H,25,27). The van der Waals surface area contributed by atoms with Gasteiger partial charge in [-0.3, -0.25) is 14.8 Å². The molecule has 3 rings (SSSR count). The second kappa shape index (κ2) is 8.60. The number of hydrogen-bond donors (Lipinski definition) is 2. The summed E-state index contributed by atoms with van der Waals surface area (Å²) >= 11 is 0. The molecule has 7 nitrogen and oxygen atoms in total. The molecule has 0 bridgehead atoms. The van der Waals surface area contributed by atoms with Gasteiger partial charge in [0.1, 0.15) is 29.7 Å². The summed E-state index contributed by atoms with van der Waals surface area (Å²) in [5, 5.41) is 2.49. The molecule has 1 amide bonds. The minimum atomic E-state index is -3.09. The van der Waals surface area contributed by atoms with E-state index in [0.717, 1.165) is 12.1 Å². The number of ether oxygens (including phenoxy) is 2. The lowest BCUT2D eigenvalue weighted by Gasteiger charge is -2.33. The van der Waals surface area contributed by atoms with Crippen LogP contribution in [0.3, 0.4) is 0 Å². The first-order valence-electron chi connectivity index (χ1n) is 8.61. The maximum Gasteiger partial charge on any atom is 0.270 e. The summed E-state index contributed by atoms with van der Waals surface area (Å²) in [6, 6.07) is 3.25. The van der Waals surface area contributed by atoms with Crippen LogP contribution in [0.5, 0.6) is 0 Å². The minimum absolute atomic E-state index is 0.0725. The molecule has 29 heavy (non-hydrogen) atoms. The molecule has 0 saturated carbocycles. The normalized spacial score (nSPS) is 21.9. The third-order valence-corrected chi connectivity index (χ3v) is 4.44. The fraction of sp³-hybridized carbons (Fsp3) is 0.389. The predicted octanol–water partition coefficient (Wildman–Crippen LogP) is 2.63. The van der Waals surface area contributed by atoms with Gasteiger partial charge in [-0.2, -0.15) is 0 Å². The van der Waals surface area contributed by atoms with Crippen LogP contribution in [0.15, 0.2) is 40.1 Å². The molecule has 1 atom stereocenters. The lowest BCUT2D eigenvalue weighted by atomic mass is 9.90. The van der Waals surface area contributed by atoms with Crippen molar-refractivity contribution >= 4 is 23.1 Å². The highest BCUT2D eigenvalue weighted by Crippen LogP contribution is 2.38. The number of nitrogens with one attached hydrogen (secondary N) is 1. The topological polar surface area (TPSA) is 98.3 Å². The SMILES string of the molecule is NC1=NC(c2cc(NC(=O)C3=NC=C(OCF)CC3)ccc2F)(C(F)F)COC1. The van der Waals surface area contributed by atoms with Crippen molar-refractivity contribution in [1.29, 1.82) is 0 Å². The van der Waals surface area contributed by atoms with Crippen LogP contribution in [0.2, 0.25) is 0 Å². The van der Waals surface area contributed by atoms with Gasteiger partial charge in [-0.15, -0.1) is 0 Å². The van der Waals surface area contributed by atoms with Crippen molar-refractivity contribution in [3.8, 4) is 0 Å². The number of rotatable bonds is 6. The van der Waals surface area contributed by atoms with Gasteiger partial charge >= 0.3 is 0 Å². The molecule has 0 saturated heterocycles. The van der Waals surface area contributed by atoms with E-state index in [1.54, 1.807) is 0 Å². The first kappa shape index (κ1) is 20.8. The third kappa shape index (κ3) is 4.39. The third-order valence-electron chi connectivity index (χ3n) is 4.44. The van der Waals surface area contributed by atoms with Crippen LogP contribution in [0.4, 0.5) is 23.2 Å². The number of alkyl halides is 3. The average Bonchev–Trinajstić information content (AvgIpc) is 2.70. The number of amidine groups is 1. The van der Waals surface area contributed by atoms with E-state index >= 15 is 0 Å². The molecule has 1 unspecified atom stereocenters. The second-order valence-electron chi connectivity index (χ2n) is 6.39. The van der Waals surface area contributed by atoms with E-state index in [1.165, 1.54) is 12.3 Å². The van der Waals surface area contributed by atoms with Crippen molar-refractivity contribution in [2.45, 2.75) is 24.8 Å². The lowest BCUT2D eigenvalue weighted by Crippen LogP contribution is -2.45. The van der Waals surface area contributed by atoms with Crippen LogP contribution < -0.4 is 11.1 Å². The van der Waals surface area contributed by atoms with Crippen molar-refractivity contribution in [2.24, 2.45) is 15.7 Å². The number of halogens is 4. The highest BCUT2D eigenvalue weighted by molar-refractivity contribution is 6.43. The van der Waals surface area contributed by atoms with E-state index in [4.69, 9.17) is 10.5 Å². The van der Waals surface area contributed by atoms with Crippen molar-refractivity contribution in [1.82, 2.24) is 0 Å².